The van der Waals surface area contributed by atoms with Gasteiger partial charge in [0.15, 0.2) is 5.82 Å². The number of ether oxygens (including phenoxy) is 2. The zero-order valence-electron chi connectivity index (χ0n) is 16.3. The van der Waals surface area contributed by atoms with Gasteiger partial charge in [0.25, 0.3) is 0 Å². The molecule has 0 N–H and O–H groups in total. The van der Waals surface area contributed by atoms with E-state index in [4.69, 9.17) is 19.0 Å². The average molecular weight is 356 g/mol. The normalized spacial score (nSPS) is 27.8. The third-order valence-electron chi connectivity index (χ3n) is 5.41. The lowest BCUT2D eigenvalue weighted by molar-refractivity contribution is 0.0193. The van der Waals surface area contributed by atoms with Gasteiger partial charge in [0.05, 0.1) is 17.9 Å². The van der Waals surface area contributed by atoms with Gasteiger partial charge in [0.1, 0.15) is 11.4 Å². The predicted octanol–water partition coefficient (Wildman–Crippen LogP) is 4.68. The summed E-state index contributed by atoms with van der Waals surface area (Å²) in [6.07, 6.45) is 1.87. The molecule has 1 aromatic carbocycles. The molecule has 2 aliphatic heterocycles. The lowest BCUT2D eigenvalue weighted by Gasteiger charge is -2.36. The van der Waals surface area contributed by atoms with Gasteiger partial charge in [-0.25, -0.2) is 0 Å². The quantitative estimate of drug-likeness (QED) is 0.782. The minimum absolute atomic E-state index is 0.0508. The minimum atomic E-state index is -0.266. The van der Waals surface area contributed by atoms with Crippen LogP contribution in [0.1, 0.15) is 76.6 Å². The maximum atomic E-state index is 6.13. The standard InChI is InChI=1S/C21H28N2O3/c1-20(2,3)17-14(10-11-24-17)18-22-19(26-23-18)15-12-21(4,5)25-16-9-7-6-8-13(15)16/h6-9,14-15,17H,10-12H2,1-5H3/t14-,15?,17-/m1/s1. The fourth-order valence-electron chi connectivity index (χ4n) is 4.27. The average Bonchev–Trinajstić information content (AvgIpc) is 3.21. The van der Waals surface area contributed by atoms with Crippen LogP contribution in [0.2, 0.25) is 0 Å². The van der Waals surface area contributed by atoms with Crippen LogP contribution in [0.15, 0.2) is 28.8 Å². The summed E-state index contributed by atoms with van der Waals surface area (Å²) >= 11 is 0. The van der Waals surface area contributed by atoms with Gasteiger partial charge in [0.2, 0.25) is 5.89 Å². The molecule has 1 saturated heterocycles. The third kappa shape index (κ3) is 3.13. The molecule has 2 aliphatic rings. The molecule has 1 unspecified atom stereocenters. The van der Waals surface area contributed by atoms with Gasteiger partial charge < -0.3 is 14.0 Å². The van der Waals surface area contributed by atoms with E-state index >= 15 is 0 Å². The van der Waals surface area contributed by atoms with Crippen molar-refractivity contribution in [2.75, 3.05) is 6.61 Å². The third-order valence-corrected chi connectivity index (χ3v) is 5.41. The van der Waals surface area contributed by atoms with Crippen LogP contribution in [0, 0.1) is 5.41 Å². The van der Waals surface area contributed by atoms with E-state index in [9.17, 15) is 0 Å². The van der Waals surface area contributed by atoms with E-state index in [0.717, 1.165) is 36.6 Å². The highest BCUT2D eigenvalue weighted by atomic mass is 16.5. The maximum Gasteiger partial charge on any atom is 0.234 e. The molecule has 5 nitrogen and oxygen atoms in total. The van der Waals surface area contributed by atoms with E-state index < -0.39 is 0 Å². The molecule has 0 bridgehead atoms. The number of rotatable bonds is 2. The van der Waals surface area contributed by atoms with Crippen molar-refractivity contribution in [3.05, 3.63) is 41.5 Å². The first-order valence-corrected chi connectivity index (χ1v) is 9.48. The second kappa shape index (κ2) is 6.08. The fourth-order valence-corrected chi connectivity index (χ4v) is 4.27. The summed E-state index contributed by atoms with van der Waals surface area (Å²) in [5, 5.41) is 4.35. The van der Waals surface area contributed by atoms with Crippen LogP contribution >= 0.6 is 0 Å². The first-order chi connectivity index (χ1) is 12.2. The predicted molar refractivity (Wildman–Crippen MR) is 98.5 cm³/mol. The first kappa shape index (κ1) is 17.5. The van der Waals surface area contributed by atoms with Crippen LogP contribution in [0.25, 0.3) is 0 Å². The molecule has 0 spiro atoms. The molecule has 0 saturated carbocycles. The Bertz CT molecular complexity index is 791. The highest BCUT2D eigenvalue weighted by molar-refractivity contribution is 5.41. The van der Waals surface area contributed by atoms with Crippen LogP contribution in [-0.4, -0.2) is 28.5 Å². The van der Waals surface area contributed by atoms with Crippen molar-refractivity contribution < 1.29 is 14.0 Å². The molecule has 4 rings (SSSR count). The van der Waals surface area contributed by atoms with E-state index in [1.807, 2.05) is 18.2 Å². The lowest BCUT2D eigenvalue weighted by Crippen LogP contribution is -2.35. The summed E-state index contributed by atoms with van der Waals surface area (Å²) in [5.74, 6) is 2.62. The van der Waals surface area contributed by atoms with Crippen molar-refractivity contribution in [1.29, 1.82) is 0 Å². The number of benzene rings is 1. The van der Waals surface area contributed by atoms with Crippen LogP contribution in [0.3, 0.4) is 0 Å². The minimum Gasteiger partial charge on any atom is -0.488 e. The van der Waals surface area contributed by atoms with E-state index in [1.54, 1.807) is 0 Å². The SMILES string of the molecule is CC1(C)CC(c2nc([C@@H]3CCO[C@H]3C(C)(C)C)no2)c2ccccc2O1. The van der Waals surface area contributed by atoms with E-state index in [0.29, 0.717) is 5.89 Å². The Hall–Kier alpha value is -1.88. The molecule has 2 aromatic rings. The van der Waals surface area contributed by atoms with Gasteiger partial charge >= 0.3 is 0 Å². The molecular formula is C21H28N2O3. The number of fused-ring (bicyclic) bond motifs is 1. The van der Waals surface area contributed by atoms with Crippen LogP contribution in [0.4, 0.5) is 0 Å². The van der Waals surface area contributed by atoms with Gasteiger partial charge in [-0.1, -0.05) is 44.1 Å². The summed E-state index contributed by atoms with van der Waals surface area (Å²) in [4.78, 5) is 4.83. The summed E-state index contributed by atoms with van der Waals surface area (Å²) in [7, 11) is 0. The van der Waals surface area contributed by atoms with Crippen molar-refractivity contribution in [2.24, 2.45) is 5.41 Å². The molecular weight excluding hydrogens is 328 g/mol. The van der Waals surface area contributed by atoms with E-state index in [2.05, 4.69) is 45.8 Å². The van der Waals surface area contributed by atoms with Crippen LogP contribution in [-0.2, 0) is 4.74 Å². The summed E-state index contributed by atoms with van der Waals surface area (Å²) in [5.41, 5.74) is 0.907. The van der Waals surface area contributed by atoms with Crippen LogP contribution in [0.5, 0.6) is 5.75 Å². The summed E-state index contributed by atoms with van der Waals surface area (Å²) < 4.78 is 17.9. The van der Waals surface area contributed by atoms with Crippen LogP contribution < -0.4 is 4.74 Å². The molecule has 140 valence electrons. The van der Waals surface area contributed by atoms with Gasteiger partial charge in [0, 0.05) is 18.6 Å². The topological polar surface area (TPSA) is 57.4 Å². The molecule has 3 heterocycles. The Morgan fingerprint density at radius 1 is 1.15 bits per heavy atom. The Morgan fingerprint density at radius 3 is 2.69 bits per heavy atom. The summed E-state index contributed by atoms with van der Waals surface area (Å²) in [6, 6.07) is 8.14. The van der Waals surface area contributed by atoms with E-state index in [1.165, 1.54) is 0 Å². The first-order valence-electron chi connectivity index (χ1n) is 9.48. The van der Waals surface area contributed by atoms with Gasteiger partial charge in [-0.3, -0.25) is 0 Å². The number of aromatic nitrogens is 2. The number of hydrogen-bond donors (Lipinski definition) is 0. The van der Waals surface area contributed by atoms with Gasteiger partial charge in [-0.05, 0) is 31.7 Å². The number of nitrogens with zero attached hydrogens (tertiary/aromatic N) is 2. The molecule has 0 amide bonds. The highest BCUT2D eigenvalue weighted by Gasteiger charge is 2.42. The Kier molecular flexibility index (Phi) is 4.10. The van der Waals surface area contributed by atoms with Crippen molar-refractivity contribution >= 4 is 0 Å². The molecule has 5 heteroatoms. The lowest BCUT2D eigenvalue weighted by atomic mass is 9.81. The van der Waals surface area contributed by atoms with Crippen molar-refractivity contribution in [2.45, 2.75) is 71.0 Å². The van der Waals surface area contributed by atoms with Crippen molar-refractivity contribution in [3.63, 3.8) is 0 Å². The number of para-hydroxylation sites is 1. The zero-order chi connectivity index (χ0) is 18.5. The maximum absolute atomic E-state index is 6.13. The summed E-state index contributed by atoms with van der Waals surface area (Å²) in [6.45, 7) is 11.6. The van der Waals surface area contributed by atoms with Crippen molar-refractivity contribution in [3.8, 4) is 5.75 Å². The molecule has 1 fully saturated rings. The van der Waals surface area contributed by atoms with E-state index in [-0.39, 0.29) is 29.0 Å². The molecule has 3 atom stereocenters. The Balaban J connectivity index is 1.66. The van der Waals surface area contributed by atoms with Crippen molar-refractivity contribution in [1.82, 2.24) is 10.1 Å². The second-order valence-electron chi connectivity index (χ2n) is 9.20. The fraction of sp³-hybridized carbons (Fsp3) is 0.619. The zero-order valence-corrected chi connectivity index (χ0v) is 16.3. The number of hydrogen-bond acceptors (Lipinski definition) is 5. The monoisotopic (exact) mass is 356 g/mol. The highest BCUT2D eigenvalue weighted by Crippen LogP contribution is 2.45. The molecule has 0 radical (unpaired) electrons. The molecule has 0 aliphatic carbocycles. The largest absolute Gasteiger partial charge is 0.488 e. The molecule has 1 aromatic heterocycles. The van der Waals surface area contributed by atoms with Gasteiger partial charge in [-0.15, -0.1) is 0 Å². The van der Waals surface area contributed by atoms with Gasteiger partial charge in [-0.2, -0.15) is 4.98 Å². The Labute approximate surface area is 155 Å². The smallest absolute Gasteiger partial charge is 0.234 e. The second-order valence-corrected chi connectivity index (χ2v) is 9.20. The Morgan fingerprint density at radius 2 is 1.92 bits per heavy atom. The molecule has 26 heavy (non-hydrogen) atoms.